The fourth-order valence-electron chi connectivity index (χ4n) is 3.65. The zero-order valence-electron chi connectivity index (χ0n) is 15.3. The van der Waals surface area contributed by atoms with Gasteiger partial charge in [0.1, 0.15) is 0 Å². The molecule has 1 aliphatic heterocycles. The molecule has 1 aliphatic rings. The van der Waals surface area contributed by atoms with Crippen LogP contribution < -0.4 is 0 Å². The van der Waals surface area contributed by atoms with E-state index in [1.165, 1.54) is 4.90 Å². The van der Waals surface area contributed by atoms with Crippen molar-refractivity contribution >= 4 is 16.8 Å². The second kappa shape index (κ2) is 6.92. The maximum absolute atomic E-state index is 13.2. The van der Waals surface area contributed by atoms with Crippen LogP contribution in [0.4, 0.5) is 13.2 Å². The quantitative estimate of drug-likeness (QED) is 0.666. The Bertz CT molecular complexity index is 1030. The maximum Gasteiger partial charge on any atom is 0.393 e. The van der Waals surface area contributed by atoms with E-state index in [4.69, 9.17) is 0 Å². The zero-order valence-corrected chi connectivity index (χ0v) is 15.3. The van der Waals surface area contributed by atoms with Gasteiger partial charge in [-0.05, 0) is 25.0 Å². The number of halogens is 3. The number of carbonyl (C=O) groups is 1. The first kappa shape index (κ1) is 18.5. The average Bonchev–Trinajstić information content (AvgIpc) is 3.12. The third kappa shape index (κ3) is 3.46. The number of alkyl halides is 3. The molecule has 1 amide bonds. The zero-order chi connectivity index (χ0) is 19.9. The second-order valence-electron chi connectivity index (χ2n) is 7.11. The summed E-state index contributed by atoms with van der Waals surface area (Å²) in [5.41, 5.74) is 2.30. The first-order chi connectivity index (χ1) is 13.3. The van der Waals surface area contributed by atoms with Crippen LogP contribution in [-0.4, -0.2) is 44.8 Å². The number of fused-ring (bicyclic) bond motifs is 1. The summed E-state index contributed by atoms with van der Waals surface area (Å²) >= 11 is 0. The number of carbonyl (C=O) groups excluding carboxylic acids is 1. The molecule has 28 heavy (non-hydrogen) atoms. The van der Waals surface area contributed by atoms with Gasteiger partial charge < -0.3 is 4.90 Å². The molecule has 1 atom stereocenters. The molecule has 4 rings (SSSR count). The number of rotatable bonds is 2. The Hall–Kier alpha value is -2.90. The third-order valence-corrected chi connectivity index (χ3v) is 5.12. The van der Waals surface area contributed by atoms with Gasteiger partial charge in [0.15, 0.2) is 0 Å². The Morgan fingerprint density at radius 2 is 2.04 bits per heavy atom. The standard InChI is InChI=1S/C20H19F3N4O/c1-26-11-13(10-24-26)18-9-16(15-6-2-3-7-17(15)25-18)19(28)27-8-4-5-14(12-27)20(21,22)23/h2-3,6-7,9-11,14H,4-5,8,12H2,1H3/t14-/m1/s1. The lowest BCUT2D eigenvalue weighted by Crippen LogP contribution is -2.44. The van der Waals surface area contributed by atoms with E-state index >= 15 is 0 Å². The molecule has 3 heterocycles. The number of para-hydroxylation sites is 1. The lowest BCUT2D eigenvalue weighted by atomic mass is 9.96. The van der Waals surface area contributed by atoms with E-state index in [1.807, 2.05) is 6.07 Å². The Morgan fingerprint density at radius 3 is 2.75 bits per heavy atom. The Kier molecular flexibility index (Phi) is 4.56. The highest BCUT2D eigenvalue weighted by atomic mass is 19.4. The van der Waals surface area contributed by atoms with E-state index in [0.29, 0.717) is 35.1 Å². The van der Waals surface area contributed by atoms with Gasteiger partial charge in [-0.2, -0.15) is 18.3 Å². The molecule has 0 spiro atoms. The Labute approximate surface area is 159 Å². The van der Waals surface area contributed by atoms with Crippen LogP contribution in [0.2, 0.25) is 0 Å². The minimum absolute atomic E-state index is 0.0608. The first-order valence-electron chi connectivity index (χ1n) is 9.08. The molecule has 8 heteroatoms. The van der Waals surface area contributed by atoms with Crippen molar-refractivity contribution in [1.82, 2.24) is 19.7 Å². The largest absolute Gasteiger partial charge is 0.393 e. The normalized spacial score (nSPS) is 17.9. The van der Waals surface area contributed by atoms with Crippen LogP contribution in [0, 0.1) is 5.92 Å². The minimum Gasteiger partial charge on any atom is -0.338 e. The monoisotopic (exact) mass is 388 g/mol. The van der Waals surface area contributed by atoms with Crippen LogP contribution in [0.15, 0.2) is 42.7 Å². The summed E-state index contributed by atoms with van der Waals surface area (Å²) in [6, 6.07) is 8.82. The molecule has 0 N–H and O–H groups in total. The van der Waals surface area contributed by atoms with Crippen LogP contribution in [0.25, 0.3) is 22.2 Å². The highest BCUT2D eigenvalue weighted by molar-refractivity contribution is 6.07. The van der Waals surface area contributed by atoms with Crippen LogP contribution in [-0.2, 0) is 7.05 Å². The number of piperidine rings is 1. The minimum atomic E-state index is -4.29. The lowest BCUT2D eigenvalue weighted by molar-refractivity contribution is -0.184. The summed E-state index contributed by atoms with van der Waals surface area (Å²) in [5, 5.41) is 4.76. The van der Waals surface area contributed by atoms with Gasteiger partial charge in [0.05, 0.1) is 28.9 Å². The SMILES string of the molecule is Cn1cc(-c2cc(C(=O)N3CCC[C@@H](C(F)(F)F)C3)c3ccccc3n2)cn1. The van der Waals surface area contributed by atoms with Crippen molar-refractivity contribution in [2.75, 3.05) is 13.1 Å². The number of benzene rings is 1. The van der Waals surface area contributed by atoms with Gasteiger partial charge >= 0.3 is 6.18 Å². The number of aryl methyl sites for hydroxylation is 1. The second-order valence-corrected chi connectivity index (χ2v) is 7.11. The van der Waals surface area contributed by atoms with Gasteiger partial charge in [-0.25, -0.2) is 4.98 Å². The molecule has 1 saturated heterocycles. The van der Waals surface area contributed by atoms with Crippen molar-refractivity contribution in [3.8, 4) is 11.3 Å². The van der Waals surface area contributed by atoms with E-state index in [2.05, 4.69) is 10.1 Å². The van der Waals surface area contributed by atoms with Crippen molar-refractivity contribution in [3.05, 3.63) is 48.3 Å². The predicted molar refractivity (Wildman–Crippen MR) is 98.6 cm³/mol. The summed E-state index contributed by atoms with van der Waals surface area (Å²) in [5.74, 6) is -1.87. The molecule has 146 valence electrons. The van der Waals surface area contributed by atoms with Crippen molar-refractivity contribution in [1.29, 1.82) is 0 Å². The highest BCUT2D eigenvalue weighted by Crippen LogP contribution is 2.34. The Morgan fingerprint density at radius 1 is 1.25 bits per heavy atom. The number of aromatic nitrogens is 3. The molecule has 3 aromatic rings. The molecular formula is C20H19F3N4O. The number of pyridine rings is 1. The third-order valence-electron chi connectivity index (χ3n) is 5.12. The molecule has 1 fully saturated rings. The number of hydrogen-bond donors (Lipinski definition) is 0. The molecule has 2 aromatic heterocycles. The number of hydrogen-bond acceptors (Lipinski definition) is 3. The van der Waals surface area contributed by atoms with E-state index in [0.717, 1.165) is 5.56 Å². The van der Waals surface area contributed by atoms with Crippen LogP contribution in [0.1, 0.15) is 23.2 Å². The van der Waals surface area contributed by atoms with E-state index in [1.54, 1.807) is 48.4 Å². The summed E-state index contributed by atoms with van der Waals surface area (Å²) < 4.78 is 41.1. The summed E-state index contributed by atoms with van der Waals surface area (Å²) in [4.78, 5) is 19.1. The van der Waals surface area contributed by atoms with E-state index < -0.39 is 18.0 Å². The molecule has 5 nitrogen and oxygen atoms in total. The number of likely N-dealkylation sites (tertiary alicyclic amines) is 1. The van der Waals surface area contributed by atoms with Crippen molar-refractivity contribution in [2.24, 2.45) is 13.0 Å². The topological polar surface area (TPSA) is 51.0 Å². The van der Waals surface area contributed by atoms with Crippen LogP contribution in [0.3, 0.4) is 0 Å². The van der Waals surface area contributed by atoms with Crippen molar-refractivity contribution in [3.63, 3.8) is 0 Å². The van der Waals surface area contributed by atoms with Gasteiger partial charge in [-0.3, -0.25) is 9.48 Å². The van der Waals surface area contributed by atoms with Gasteiger partial charge in [-0.15, -0.1) is 0 Å². The summed E-state index contributed by atoms with van der Waals surface area (Å²) in [6.45, 7) is 0.0193. The average molecular weight is 388 g/mol. The fraction of sp³-hybridized carbons (Fsp3) is 0.350. The molecule has 0 aliphatic carbocycles. The van der Waals surface area contributed by atoms with Crippen molar-refractivity contribution in [2.45, 2.75) is 19.0 Å². The van der Waals surface area contributed by atoms with Gasteiger partial charge in [-0.1, -0.05) is 18.2 Å². The van der Waals surface area contributed by atoms with Gasteiger partial charge in [0.2, 0.25) is 0 Å². The van der Waals surface area contributed by atoms with E-state index in [-0.39, 0.29) is 13.0 Å². The number of nitrogens with zero attached hydrogens (tertiary/aromatic N) is 4. The predicted octanol–water partition coefficient (Wildman–Crippen LogP) is 4.05. The lowest BCUT2D eigenvalue weighted by Gasteiger charge is -2.34. The highest BCUT2D eigenvalue weighted by Gasteiger charge is 2.42. The summed E-state index contributed by atoms with van der Waals surface area (Å²) in [6.07, 6.45) is -0.461. The Balaban J connectivity index is 1.75. The number of amides is 1. The molecule has 0 radical (unpaired) electrons. The van der Waals surface area contributed by atoms with Crippen molar-refractivity contribution < 1.29 is 18.0 Å². The fourth-order valence-corrected chi connectivity index (χ4v) is 3.65. The van der Waals surface area contributed by atoms with Gasteiger partial charge in [0.25, 0.3) is 5.91 Å². The molecule has 1 aromatic carbocycles. The van der Waals surface area contributed by atoms with Gasteiger partial charge in [0, 0.05) is 37.3 Å². The summed E-state index contributed by atoms with van der Waals surface area (Å²) in [7, 11) is 1.78. The molecule has 0 unspecified atom stereocenters. The molecular weight excluding hydrogens is 369 g/mol. The first-order valence-corrected chi connectivity index (χ1v) is 9.08. The maximum atomic E-state index is 13.2. The molecule has 0 bridgehead atoms. The van der Waals surface area contributed by atoms with Crippen LogP contribution in [0.5, 0.6) is 0 Å². The van der Waals surface area contributed by atoms with E-state index in [9.17, 15) is 18.0 Å². The molecule has 0 saturated carbocycles. The smallest absolute Gasteiger partial charge is 0.338 e. The van der Waals surface area contributed by atoms with Crippen LogP contribution >= 0.6 is 0 Å².